The minimum atomic E-state index is -3.59. The molecule has 0 atom stereocenters. The maximum Gasteiger partial charge on any atom is 0.241 e. The van der Waals surface area contributed by atoms with Crippen molar-refractivity contribution in [2.24, 2.45) is 0 Å². The number of methoxy groups -OCH3 is 1. The highest BCUT2D eigenvalue weighted by molar-refractivity contribution is 7.89. The number of hydrogen-bond acceptors (Lipinski definition) is 3. The number of ether oxygens (including phenoxy) is 1. The smallest absolute Gasteiger partial charge is 0.241 e. The Hall–Kier alpha value is -1.69. The number of hydrogen-bond donors (Lipinski definition) is 1. The molecular formula is C20H25NO3S. The van der Waals surface area contributed by atoms with Crippen LogP contribution in [-0.2, 0) is 27.6 Å². The maximum absolute atomic E-state index is 12.9. The number of nitrogens with one attached hydrogen (secondary N) is 1. The molecule has 0 radical (unpaired) electrons. The van der Waals surface area contributed by atoms with Gasteiger partial charge in [0, 0.05) is 26.5 Å². The molecule has 2 aromatic rings. The van der Waals surface area contributed by atoms with E-state index in [4.69, 9.17) is 4.74 Å². The predicted octanol–water partition coefficient (Wildman–Crippen LogP) is 3.07. The summed E-state index contributed by atoms with van der Waals surface area (Å²) in [5, 5.41) is 0. The number of rotatable bonds is 5. The van der Waals surface area contributed by atoms with E-state index in [2.05, 4.69) is 16.9 Å². The number of aryl methyl sites for hydroxylation is 3. The molecule has 0 saturated carbocycles. The van der Waals surface area contributed by atoms with Gasteiger partial charge in [-0.2, -0.15) is 0 Å². The van der Waals surface area contributed by atoms with Gasteiger partial charge in [0.15, 0.2) is 0 Å². The Morgan fingerprint density at radius 2 is 1.56 bits per heavy atom. The molecule has 0 bridgehead atoms. The van der Waals surface area contributed by atoms with Crippen molar-refractivity contribution < 1.29 is 13.2 Å². The van der Waals surface area contributed by atoms with E-state index in [1.807, 2.05) is 45.0 Å². The Morgan fingerprint density at radius 3 is 2.04 bits per heavy atom. The monoisotopic (exact) mass is 359 g/mol. The number of fused-ring (bicyclic) bond motifs is 1. The lowest BCUT2D eigenvalue weighted by atomic mass is 10.0. The van der Waals surface area contributed by atoms with Gasteiger partial charge in [0.2, 0.25) is 10.0 Å². The van der Waals surface area contributed by atoms with Crippen molar-refractivity contribution in [2.45, 2.75) is 44.1 Å². The van der Waals surface area contributed by atoms with Crippen LogP contribution in [0, 0.1) is 20.8 Å². The SMILES string of the molecule is COC1(CNS(=O)(=O)c2c(C)cc(C)cc2C)Cc2ccccc2C1. The summed E-state index contributed by atoms with van der Waals surface area (Å²) in [4.78, 5) is 0.375. The second kappa shape index (κ2) is 6.56. The van der Waals surface area contributed by atoms with Crippen LogP contribution in [0.5, 0.6) is 0 Å². The Labute approximate surface area is 150 Å². The zero-order valence-electron chi connectivity index (χ0n) is 15.2. The van der Waals surface area contributed by atoms with E-state index < -0.39 is 15.6 Å². The van der Waals surface area contributed by atoms with Crippen molar-refractivity contribution in [3.05, 3.63) is 64.2 Å². The van der Waals surface area contributed by atoms with E-state index in [0.717, 1.165) is 16.7 Å². The average Bonchev–Trinajstić information content (AvgIpc) is 2.91. The highest BCUT2D eigenvalue weighted by Gasteiger charge is 2.38. The van der Waals surface area contributed by atoms with Crippen molar-refractivity contribution in [1.82, 2.24) is 4.72 Å². The quantitative estimate of drug-likeness (QED) is 0.893. The maximum atomic E-state index is 12.9. The van der Waals surface area contributed by atoms with Crippen molar-refractivity contribution in [3.8, 4) is 0 Å². The zero-order valence-corrected chi connectivity index (χ0v) is 16.0. The molecule has 0 unspecified atom stereocenters. The number of benzene rings is 2. The van der Waals surface area contributed by atoms with Gasteiger partial charge in [-0.05, 0) is 43.0 Å². The van der Waals surface area contributed by atoms with Crippen molar-refractivity contribution in [3.63, 3.8) is 0 Å². The molecule has 2 aromatic carbocycles. The van der Waals surface area contributed by atoms with Gasteiger partial charge in [0.05, 0.1) is 10.5 Å². The summed E-state index contributed by atoms with van der Waals surface area (Å²) in [5.41, 5.74) is 4.53. The van der Waals surface area contributed by atoms with Gasteiger partial charge in [0.1, 0.15) is 0 Å². The van der Waals surface area contributed by atoms with Crippen LogP contribution >= 0.6 is 0 Å². The average molecular weight is 359 g/mol. The Bertz CT molecular complexity index is 855. The van der Waals surface area contributed by atoms with Gasteiger partial charge < -0.3 is 4.74 Å². The molecule has 1 aliphatic rings. The van der Waals surface area contributed by atoms with Crippen LogP contribution in [0.1, 0.15) is 27.8 Å². The molecule has 134 valence electrons. The van der Waals surface area contributed by atoms with Crippen LogP contribution < -0.4 is 4.72 Å². The molecule has 0 amide bonds. The first-order valence-electron chi connectivity index (χ1n) is 8.46. The largest absolute Gasteiger partial charge is 0.376 e. The zero-order chi connectivity index (χ0) is 18.2. The van der Waals surface area contributed by atoms with Gasteiger partial charge in [-0.25, -0.2) is 13.1 Å². The molecule has 0 aromatic heterocycles. The van der Waals surface area contributed by atoms with Crippen molar-refractivity contribution >= 4 is 10.0 Å². The first-order valence-corrected chi connectivity index (χ1v) is 9.94. The first-order chi connectivity index (χ1) is 11.8. The normalized spacial score (nSPS) is 16.0. The Balaban J connectivity index is 1.83. The summed E-state index contributed by atoms with van der Waals surface area (Å²) in [6, 6.07) is 12.0. The third-order valence-corrected chi connectivity index (χ3v) is 6.74. The molecule has 0 aliphatic heterocycles. The van der Waals surface area contributed by atoms with Crippen LogP contribution in [0.4, 0.5) is 0 Å². The minimum absolute atomic E-state index is 0.257. The van der Waals surface area contributed by atoms with Gasteiger partial charge in [-0.1, -0.05) is 42.0 Å². The van der Waals surface area contributed by atoms with E-state index in [0.29, 0.717) is 17.7 Å². The highest BCUT2D eigenvalue weighted by Crippen LogP contribution is 2.32. The molecule has 4 nitrogen and oxygen atoms in total. The van der Waals surface area contributed by atoms with E-state index in [9.17, 15) is 8.42 Å². The molecule has 25 heavy (non-hydrogen) atoms. The van der Waals surface area contributed by atoms with E-state index in [-0.39, 0.29) is 6.54 Å². The minimum Gasteiger partial charge on any atom is -0.376 e. The van der Waals surface area contributed by atoms with Crippen molar-refractivity contribution in [2.75, 3.05) is 13.7 Å². The fraction of sp³-hybridized carbons (Fsp3) is 0.400. The summed E-state index contributed by atoms with van der Waals surface area (Å²) in [6.45, 7) is 5.91. The third kappa shape index (κ3) is 3.50. The third-order valence-electron chi connectivity index (χ3n) is 5.03. The Morgan fingerprint density at radius 1 is 1.04 bits per heavy atom. The molecule has 5 heteroatoms. The molecule has 0 saturated heterocycles. The van der Waals surface area contributed by atoms with Gasteiger partial charge >= 0.3 is 0 Å². The van der Waals surface area contributed by atoms with Crippen LogP contribution in [0.2, 0.25) is 0 Å². The Kier molecular flexibility index (Phi) is 4.75. The van der Waals surface area contributed by atoms with Gasteiger partial charge in [-0.3, -0.25) is 0 Å². The summed E-state index contributed by atoms with van der Waals surface area (Å²) in [6.07, 6.45) is 1.43. The predicted molar refractivity (Wildman–Crippen MR) is 99.4 cm³/mol. The first kappa shape index (κ1) is 18.1. The lowest BCUT2D eigenvalue weighted by Crippen LogP contribution is -2.45. The molecule has 1 aliphatic carbocycles. The standard InChI is InChI=1S/C20H25NO3S/c1-14-9-15(2)19(16(3)10-14)25(22,23)21-13-20(24-4)11-17-7-5-6-8-18(17)12-20/h5-10,21H,11-13H2,1-4H3. The molecular weight excluding hydrogens is 334 g/mol. The van der Waals surface area contributed by atoms with Gasteiger partial charge in [-0.15, -0.1) is 0 Å². The molecule has 0 fully saturated rings. The van der Waals surface area contributed by atoms with Gasteiger partial charge in [0.25, 0.3) is 0 Å². The van der Waals surface area contributed by atoms with E-state index >= 15 is 0 Å². The van der Waals surface area contributed by atoms with E-state index in [1.165, 1.54) is 11.1 Å². The lowest BCUT2D eigenvalue weighted by Gasteiger charge is -2.28. The van der Waals surface area contributed by atoms with Crippen LogP contribution in [0.25, 0.3) is 0 Å². The molecule has 0 heterocycles. The second-order valence-corrected chi connectivity index (χ2v) is 8.77. The van der Waals surface area contributed by atoms with Crippen LogP contribution in [0.15, 0.2) is 41.3 Å². The number of sulfonamides is 1. The van der Waals surface area contributed by atoms with Crippen LogP contribution in [0.3, 0.4) is 0 Å². The molecule has 3 rings (SSSR count). The topological polar surface area (TPSA) is 55.4 Å². The van der Waals surface area contributed by atoms with E-state index in [1.54, 1.807) is 7.11 Å². The summed E-state index contributed by atoms with van der Waals surface area (Å²) in [5.74, 6) is 0. The van der Waals surface area contributed by atoms with Crippen LogP contribution in [-0.4, -0.2) is 27.7 Å². The molecule has 0 spiro atoms. The summed E-state index contributed by atoms with van der Waals surface area (Å²) < 4.78 is 34.4. The highest BCUT2D eigenvalue weighted by atomic mass is 32.2. The summed E-state index contributed by atoms with van der Waals surface area (Å²) in [7, 11) is -1.94. The summed E-state index contributed by atoms with van der Waals surface area (Å²) >= 11 is 0. The molecule has 1 N–H and O–H groups in total. The fourth-order valence-corrected chi connectivity index (χ4v) is 5.45. The lowest BCUT2D eigenvalue weighted by molar-refractivity contribution is 0.00378. The van der Waals surface area contributed by atoms with Crippen molar-refractivity contribution in [1.29, 1.82) is 0 Å². The fourth-order valence-electron chi connectivity index (χ4n) is 3.89. The second-order valence-electron chi connectivity index (χ2n) is 7.06.